The third kappa shape index (κ3) is 3.81. The molecule has 0 aromatic rings. The average molecular weight is 196 g/mol. The lowest BCUT2D eigenvalue weighted by Crippen LogP contribution is -2.39. The van der Waals surface area contributed by atoms with Crippen molar-refractivity contribution in [3.8, 4) is 0 Å². The van der Waals surface area contributed by atoms with Crippen LogP contribution in [0, 0.1) is 0 Å². The van der Waals surface area contributed by atoms with Gasteiger partial charge in [0, 0.05) is 12.1 Å². The fourth-order valence-electron chi connectivity index (χ4n) is 2.07. The monoisotopic (exact) mass is 196 g/mol. The Balaban J connectivity index is 2.13. The van der Waals surface area contributed by atoms with Crippen molar-refractivity contribution in [2.45, 2.75) is 44.7 Å². The zero-order valence-corrected chi connectivity index (χ0v) is 9.63. The number of piperidine rings is 1. The van der Waals surface area contributed by atoms with Crippen molar-refractivity contribution in [1.82, 2.24) is 10.2 Å². The normalized spacial score (nSPS) is 26.0. The Kier molecular flexibility index (Phi) is 5.20. The number of nitrogens with zero attached hydrogens (tertiary/aromatic N) is 1. The van der Waals surface area contributed by atoms with Crippen molar-refractivity contribution in [1.29, 1.82) is 0 Å². The first-order valence-corrected chi connectivity index (χ1v) is 5.80. The lowest BCUT2D eigenvalue weighted by Gasteiger charge is -2.32. The molecule has 0 bridgehead atoms. The summed E-state index contributed by atoms with van der Waals surface area (Å²) in [7, 11) is 2.25. The first-order valence-electron chi connectivity index (χ1n) is 5.80. The highest BCUT2D eigenvalue weighted by Gasteiger charge is 2.17. The van der Waals surface area contributed by atoms with E-state index >= 15 is 0 Å². The predicted molar refractivity (Wildman–Crippen MR) is 62.5 cm³/mol. The van der Waals surface area contributed by atoms with Crippen LogP contribution in [0.25, 0.3) is 0 Å². The van der Waals surface area contributed by atoms with Gasteiger partial charge in [0.1, 0.15) is 0 Å². The SMILES string of the molecule is C=CC(C)NCCC1CCCCN1C. The van der Waals surface area contributed by atoms with Crippen molar-refractivity contribution < 1.29 is 0 Å². The molecule has 2 heteroatoms. The average Bonchev–Trinajstić information content (AvgIpc) is 2.20. The topological polar surface area (TPSA) is 15.3 Å². The first-order chi connectivity index (χ1) is 6.74. The number of likely N-dealkylation sites (tertiary alicyclic amines) is 1. The summed E-state index contributed by atoms with van der Waals surface area (Å²) >= 11 is 0. The second-order valence-corrected chi connectivity index (χ2v) is 4.40. The van der Waals surface area contributed by atoms with E-state index in [1.54, 1.807) is 0 Å². The van der Waals surface area contributed by atoms with E-state index in [1.807, 2.05) is 6.08 Å². The third-order valence-electron chi connectivity index (χ3n) is 3.22. The molecule has 14 heavy (non-hydrogen) atoms. The van der Waals surface area contributed by atoms with Crippen LogP contribution in [0.4, 0.5) is 0 Å². The molecule has 1 N–H and O–H groups in total. The fourth-order valence-corrected chi connectivity index (χ4v) is 2.07. The summed E-state index contributed by atoms with van der Waals surface area (Å²) in [6.45, 7) is 8.31. The van der Waals surface area contributed by atoms with Gasteiger partial charge in [0.15, 0.2) is 0 Å². The second kappa shape index (κ2) is 6.20. The van der Waals surface area contributed by atoms with Gasteiger partial charge < -0.3 is 10.2 Å². The van der Waals surface area contributed by atoms with Crippen LogP contribution in [0.2, 0.25) is 0 Å². The first kappa shape index (κ1) is 11.7. The van der Waals surface area contributed by atoms with E-state index < -0.39 is 0 Å². The fraction of sp³-hybridized carbons (Fsp3) is 0.833. The molecule has 0 spiro atoms. The molecular weight excluding hydrogens is 172 g/mol. The Morgan fingerprint density at radius 1 is 1.57 bits per heavy atom. The minimum atomic E-state index is 0.448. The lowest BCUT2D eigenvalue weighted by molar-refractivity contribution is 0.175. The molecule has 82 valence electrons. The Morgan fingerprint density at radius 2 is 2.36 bits per heavy atom. The number of hydrogen-bond acceptors (Lipinski definition) is 2. The number of rotatable bonds is 5. The highest BCUT2D eigenvalue weighted by atomic mass is 15.1. The molecule has 1 aliphatic rings. The Morgan fingerprint density at radius 3 is 3.00 bits per heavy atom. The molecule has 2 atom stereocenters. The standard InChI is InChI=1S/C12H24N2/c1-4-11(2)13-9-8-12-7-5-6-10-14(12)3/h4,11-13H,1,5-10H2,2-3H3. The van der Waals surface area contributed by atoms with Gasteiger partial charge >= 0.3 is 0 Å². The van der Waals surface area contributed by atoms with Crippen LogP contribution in [-0.4, -0.2) is 37.1 Å². The summed E-state index contributed by atoms with van der Waals surface area (Å²) in [4.78, 5) is 2.50. The molecular formula is C12H24N2. The van der Waals surface area contributed by atoms with Gasteiger partial charge in [0.25, 0.3) is 0 Å². The van der Waals surface area contributed by atoms with E-state index in [-0.39, 0.29) is 0 Å². The maximum absolute atomic E-state index is 3.77. The van der Waals surface area contributed by atoms with Gasteiger partial charge in [-0.05, 0) is 46.3 Å². The molecule has 1 rings (SSSR count). The third-order valence-corrected chi connectivity index (χ3v) is 3.22. The van der Waals surface area contributed by atoms with E-state index in [2.05, 4.69) is 30.8 Å². The number of nitrogens with one attached hydrogen (secondary N) is 1. The van der Waals surface area contributed by atoms with E-state index in [4.69, 9.17) is 0 Å². The molecule has 1 fully saturated rings. The van der Waals surface area contributed by atoms with Crippen LogP contribution in [0.3, 0.4) is 0 Å². The summed E-state index contributed by atoms with van der Waals surface area (Å²) in [6.07, 6.45) is 7.40. The Bertz CT molecular complexity index is 168. The lowest BCUT2D eigenvalue weighted by atomic mass is 10.00. The van der Waals surface area contributed by atoms with Gasteiger partial charge in [-0.3, -0.25) is 0 Å². The summed E-state index contributed by atoms with van der Waals surface area (Å²) in [5.74, 6) is 0. The smallest absolute Gasteiger partial charge is 0.0219 e. The zero-order chi connectivity index (χ0) is 10.4. The van der Waals surface area contributed by atoms with E-state index in [1.165, 1.54) is 32.2 Å². The van der Waals surface area contributed by atoms with Gasteiger partial charge in [-0.15, -0.1) is 6.58 Å². The van der Waals surface area contributed by atoms with Gasteiger partial charge in [0.2, 0.25) is 0 Å². The maximum Gasteiger partial charge on any atom is 0.0219 e. The van der Waals surface area contributed by atoms with Gasteiger partial charge in [-0.1, -0.05) is 12.5 Å². The quantitative estimate of drug-likeness (QED) is 0.677. The molecule has 0 saturated carbocycles. The molecule has 2 nitrogen and oxygen atoms in total. The summed E-state index contributed by atoms with van der Waals surface area (Å²) in [5, 5.41) is 3.46. The molecule has 0 aromatic heterocycles. The molecule has 1 saturated heterocycles. The van der Waals surface area contributed by atoms with E-state index in [0.29, 0.717) is 6.04 Å². The number of hydrogen-bond donors (Lipinski definition) is 1. The van der Waals surface area contributed by atoms with Crippen LogP contribution < -0.4 is 5.32 Å². The highest BCUT2D eigenvalue weighted by molar-refractivity contribution is 4.82. The van der Waals surface area contributed by atoms with Crippen molar-refractivity contribution in [3.63, 3.8) is 0 Å². The van der Waals surface area contributed by atoms with Crippen molar-refractivity contribution in [3.05, 3.63) is 12.7 Å². The van der Waals surface area contributed by atoms with Crippen LogP contribution in [-0.2, 0) is 0 Å². The van der Waals surface area contributed by atoms with Crippen LogP contribution in [0.15, 0.2) is 12.7 Å². The predicted octanol–water partition coefficient (Wildman–Crippen LogP) is 2.02. The molecule has 2 unspecified atom stereocenters. The largest absolute Gasteiger partial charge is 0.311 e. The molecule has 0 aromatic carbocycles. The second-order valence-electron chi connectivity index (χ2n) is 4.40. The molecule has 1 aliphatic heterocycles. The maximum atomic E-state index is 3.77. The molecule has 0 aliphatic carbocycles. The minimum Gasteiger partial charge on any atom is -0.311 e. The van der Waals surface area contributed by atoms with Crippen molar-refractivity contribution in [2.24, 2.45) is 0 Å². The minimum absolute atomic E-state index is 0.448. The van der Waals surface area contributed by atoms with E-state index in [9.17, 15) is 0 Å². The van der Waals surface area contributed by atoms with Gasteiger partial charge in [0.05, 0.1) is 0 Å². The van der Waals surface area contributed by atoms with Crippen LogP contribution in [0.1, 0.15) is 32.6 Å². The van der Waals surface area contributed by atoms with Gasteiger partial charge in [-0.25, -0.2) is 0 Å². The summed E-state index contributed by atoms with van der Waals surface area (Å²) < 4.78 is 0. The highest BCUT2D eigenvalue weighted by Crippen LogP contribution is 2.16. The zero-order valence-electron chi connectivity index (χ0n) is 9.63. The molecule has 0 amide bonds. The van der Waals surface area contributed by atoms with Crippen molar-refractivity contribution in [2.75, 3.05) is 20.1 Å². The van der Waals surface area contributed by atoms with E-state index in [0.717, 1.165) is 12.6 Å². The summed E-state index contributed by atoms with van der Waals surface area (Å²) in [5.41, 5.74) is 0. The Labute approximate surface area is 88.4 Å². The van der Waals surface area contributed by atoms with Crippen LogP contribution >= 0.6 is 0 Å². The van der Waals surface area contributed by atoms with Crippen LogP contribution in [0.5, 0.6) is 0 Å². The molecule has 1 heterocycles. The summed E-state index contributed by atoms with van der Waals surface area (Å²) in [6, 6.07) is 1.25. The Hall–Kier alpha value is -0.340. The van der Waals surface area contributed by atoms with Crippen molar-refractivity contribution >= 4 is 0 Å². The van der Waals surface area contributed by atoms with Gasteiger partial charge in [-0.2, -0.15) is 0 Å². The molecule has 0 radical (unpaired) electrons.